The Morgan fingerprint density at radius 3 is 2.47 bits per heavy atom. The molecule has 90 valence electrons. The van der Waals surface area contributed by atoms with Crippen molar-refractivity contribution in [2.75, 3.05) is 0 Å². The van der Waals surface area contributed by atoms with E-state index in [2.05, 4.69) is 0 Å². The quantitative estimate of drug-likeness (QED) is 0.867. The first-order valence-electron chi connectivity index (χ1n) is 5.26. The predicted molar refractivity (Wildman–Crippen MR) is 66.2 cm³/mol. The van der Waals surface area contributed by atoms with E-state index in [4.69, 9.17) is 5.73 Å². The number of thiophene rings is 1. The van der Waals surface area contributed by atoms with Crippen LogP contribution in [-0.2, 0) is 0 Å². The van der Waals surface area contributed by atoms with Gasteiger partial charge in [-0.05, 0) is 43.7 Å². The molecule has 1 aromatic heterocycles. The zero-order valence-electron chi connectivity index (χ0n) is 9.63. The average Bonchev–Trinajstić information content (AvgIpc) is 2.62. The van der Waals surface area contributed by atoms with Crippen LogP contribution in [0, 0.1) is 25.5 Å². The molecule has 0 saturated heterocycles. The number of aryl methyl sites for hydroxylation is 2. The number of hydrogen-bond acceptors (Lipinski definition) is 2. The number of nitrogens with two attached hydrogens (primary N) is 1. The van der Waals surface area contributed by atoms with E-state index in [1.165, 1.54) is 11.3 Å². The zero-order chi connectivity index (χ0) is 12.6. The standard InChI is InChI=1S/C13H13F2NS/c1-7-5-12(17-8(7)2)13(16)10-6-9(14)3-4-11(10)15/h3-6,13H,16H2,1-2H3. The summed E-state index contributed by atoms with van der Waals surface area (Å²) in [5, 5.41) is 0. The minimum Gasteiger partial charge on any atom is -0.320 e. The molecule has 0 radical (unpaired) electrons. The van der Waals surface area contributed by atoms with Gasteiger partial charge in [-0.15, -0.1) is 11.3 Å². The van der Waals surface area contributed by atoms with E-state index in [-0.39, 0.29) is 5.56 Å². The number of hydrogen-bond donors (Lipinski definition) is 1. The van der Waals surface area contributed by atoms with E-state index in [1.54, 1.807) is 0 Å². The normalized spacial score (nSPS) is 12.8. The molecule has 2 N–H and O–H groups in total. The van der Waals surface area contributed by atoms with E-state index >= 15 is 0 Å². The smallest absolute Gasteiger partial charge is 0.128 e. The zero-order valence-corrected chi connectivity index (χ0v) is 10.4. The van der Waals surface area contributed by atoms with Gasteiger partial charge in [-0.3, -0.25) is 0 Å². The van der Waals surface area contributed by atoms with E-state index in [9.17, 15) is 8.78 Å². The van der Waals surface area contributed by atoms with Gasteiger partial charge in [0.25, 0.3) is 0 Å². The Labute approximate surface area is 103 Å². The third kappa shape index (κ3) is 2.37. The second-order valence-corrected chi connectivity index (χ2v) is 5.32. The first-order chi connectivity index (χ1) is 7.99. The van der Waals surface area contributed by atoms with Gasteiger partial charge in [0.1, 0.15) is 11.6 Å². The van der Waals surface area contributed by atoms with Crippen molar-refractivity contribution in [1.29, 1.82) is 0 Å². The molecule has 0 bridgehead atoms. The average molecular weight is 253 g/mol. The third-order valence-corrected chi connectivity index (χ3v) is 4.02. The van der Waals surface area contributed by atoms with Crippen molar-refractivity contribution in [3.8, 4) is 0 Å². The summed E-state index contributed by atoms with van der Waals surface area (Å²) in [6.07, 6.45) is 0. The summed E-state index contributed by atoms with van der Waals surface area (Å²) in [5.41, 5.74) is 7.29. The Bertz CT molecular complexity index is 529. The van der Waals surface area contributed by atoms with Gasteiger partial charge in [-0.25, -0.2) is 8.78 Å². The highest BCUT2D eigenvalue weighted by atomic mass is 32.1. The van der Waals surface area contributed by atoms with Crippen LogP contribution in [-0.4, -0.2) is 0 Å². The molecule has 2 aromatic rings. The largest absolute Gasteiger partial charge is 0.320 e. The van der Waals surface area contributed by atoms with Crippen molar-refractivity contribution >= 4 is 11.3 Å². The summed E-state index contributed by atoms with van der Waals surface area (Å²) < 4.78 is 26.7. The molecular formula is C13H13F2NS. The van der Waals surface area contributed by atoms with E-state index in [0.717, 1.165) is 33.5 Å². The maximum Gasteiger partial charge on any atom is 0.128 e. The molecular weight excluding hydrogens is 240 g/mol. The minimum absolute atomic E-state index is 0.200. The van der Waals surface area contributed by atoms with E-state index in [1.807, 2.05) is 19.9 Å². The van der Waals surface area contributed by atoms with Crippen molar-refractivity contribution in [1.82, 2.24) is 0 Å². The van der Waals surface area contributed by atoms with Gasteiger partial charge in [-0.2, -0.15) is 0 Å². The van der Waals surface area contributed by atoms with Gasteiger partial charge in [0.05, 0.1) is 6.04 Å². The Morgan fingerprint density at radius 2 is 1.88 bits per heavy atom. The van der Waals surface area contributed by atoms with Gasteiger partial charge in [0.2, 0.25) is 0 Å². The molecule has 1 atom stereocenters. The van der Waals surface area contributed by atoms with Crippen molar-refractivity contribution in [3.05, 3.63) is 56.8 Å². The Kier molecular flexibility index (Phi) is 3.26. The van der Waals surface area contributed by atoms with Crippen molar-refractivity contribution in [2.24, 2.45) is 5.73 Å². The highest BCUT2D eigenvalue weighted by molar-refractivity contribution is 7.12. The molecule has 1 unspecified atom stereocenters. The lowest BCUT2D eigenvalue weighted by atomic mass is 10.0. The second kappa shape index (κ2) is 4.55. The first kappa shape index (κ1) is 12.2. The predicted octanol–water partition coefficient (Wildman–Crippen LogP) is 3.69. The molecule has 4 heteroatoms. The molecule has 0 aliphatic heterocycles. The SMILES string of the molecule is Cc1cc(C(N)c2cc(F)ccc2F)sc1C. The lowest BCUT2D eigenvalue weighted by Crippen LogP contribution is -2.12. The topological polar surface area (TPSA) is 26.0 Å². The Morgan fingerprint density at radius 1 is 1.18 bits per heavy atom. The fraction of sp³-hybridized carbons (Fsp3) is 0.231. The monoisotopic (exact) mass is 253 g/mol. The fourth-order valence-electron chi connectivity index (χ4n) is 1.66. The van der Waals surface area contributed by atoms with Crippen molar-refractivity contribution < 1.29 is 8.78 Å². The van der Waals surface area contributed by atoms with Gasteiger partial charge in [0.15, 0.2) is 0 Å². The van der Waals surface area contributed by atoms with Crippen LogP contribution in [0.2, 0.25) is 0 Å². The minimum atomic E-state index is -0.608. The summed E-state index contributed by atoms with van der Waals surface area (Å²) in [5.74, 6) is -0.940. The molecule has 0 saturated carbocycles. The first-order valence-corrected chi connectivity index (χ1v) is 6.08. The van der Waals surface area contributed by atoms with E-state index in [0.29, 0.717) is 0 Å². The van der Waals surface area contributed by atoms with Crippen LogP contribution < -0.4 is 5.73 Å². The van der Waals surface area contributed by atoms with Crippen LogP contribution in [0.3, 0.4) is 0 Å². The molecule has 1 aromatic carbocycles. The summed E-state index contributed by atoms with van der Waals surface area (Å²) in [4.78, 5) is 2.00. The molecule has 0 aliphatic carbocycles. The van der Waals surface area contributed by atoms with E-state index < -0.39 is 17.7 Å². The summed E-state index contributed by atoms with van der Waals surface area (Å²) >= 11 is 1.52. The highest BCUT2D eigenvalue weighted by Crippen LogP contribution is 2.30. The second-order valence-electron chi connectivity index (χ2n) is 4.03. The molecule has 1 heterocycles. The molecule has 17 heavy (non-hydrogen) atoms. The molecule has 0 aliphatic rings. The Balaban J connectivity index is 2.42. The molecule has 0 fully saturated rings. The summed E-state index contributed by atoms with van der Waals surface area (Å²) in [7, 11) is 0. The molecule has 2 rings (SSSR count). The molecule has 0 amide bonds. The number of halogens is 2. The van der Waals surface area contributed by atoms with Gasteiger partial charge in [-0.1, -0.05) is 0 Å². The maximum absolute atomic E-state index is 13.6. The van der Waals surface area contributed by atoms with Gasteiger partial charge < -0.3 is 5.73 Å². The third-order valence-electron chi connectivity index (χ3n) is 2.78. The highest BCUT2D eigenvalue weighted by Gasteiger charge is 2.17. The van der Waals surface area contributed by atoms with Crippen LogP contribution in [0.5, 0.6) is 0 Å². The van der Waals surface area contributed by atoms with Crippen LogP contribution >= 0.6 is 11.3 Å². The van der Waals surface area contributed by atoms with Gasteiger partial charge in [0, 0.05) is 15.3 Å². The lowest BCUT2D eigenvalue weighted by molar-refractivity contribution is 0.578. The van der Waals surface area contributed by atoms with Crippen LogP contribution in [0.25, 0.3) is 0 Å². The van der Waals surface area contributed by atoms with Crippen LogP contribution in [0.4, 0.5) is 8.78 Å². The van der Waals surface area contributed by atoms with Crippen LogP contribution in [0.15, 0.2) is 24.3 Å². The van der Waals surface area contributed by atoms with Gasteiger partial charge >= 0.3 is 0 Å². The van der Waals surface area contributed by atoms with Crippen LogP contribution in [0.1, 0.15) is 26.9 Å². The maximum atomic E-state index is 13.6. The van der Waals surface area contributed by atoms with Crippen molar-refractivity contribution in [3.63, 3.8) is 0 Å². The fourth-order valence-corrected chi connectivity index (χ4v) is 2.72. The summed E-state index contributed by atoms with van der Waals surface area (Å²) in [6, 6.07) is 4.68. The number of benzene rings is 1. The molecule has 0 spiro atoms. The lowest BCUT2D eigenvalue weighted by Gasteiger charge is -2.11. The Hall–Kier alpha value is -1.26. The molecule has 1 nitrogen and oxygen atoms in total. The summed E-state index contributed by atoms with van der Waals surface area (Å²) in [6.45, 7) is 3.96. The number of rotatable bonds is 2. The van der Waals surface area contributed by atoms with Crippen molar-refractivity contribution in [2.45, 2.75) is 19.9 Å².